The first kappa shape index (κ1) is 12.2. The van der Waals surface area contributed by atoms with Crippen molar-refractivity contribution in [3.63, 3.8) is 0 Å². The van der Waals surface area contributed by atoms with E-state index >= 15 is 0 Å². The molecule has 2 aromatic heterocycles. The molecule has 5 rings (SSSR count). The second-order valence-corrected chi connectivity index (χ2v) is 5.33. The number of benzene rings is 2. The predicted molar refractivity (Wildman–Crippen MR) is 85.0 cm³/mol. The van der Waals surface area contributed by atoms with Gasteiger partial charge in [-0.25, -0.2) is 10.1 Å². The first-order valence-electron chi connectivity index (χ1n) is 7.13. The van der Waals surface area contributed by atoms with Gasteiger partial charge in [0, 0.05) is 23.6 Å². The Kier molecular flexibility index (Phi) is 2.27. The van der Waals surface area contributed by atoms with Gasteiger partial charge in [-0.1, -0.05) is 6.07 Å². The van der Waals surface area contributed by atoms with Crippen molar-refractivity contribution in [2.45, 2.75) is 0 Å². The summed E-state index contributed by atoms with van der Waals surface area (Å²) in [6.07, 6.45) is 5.33. The molecule has 3 heterocycles. The van der Waals surface area contributed by atoms with Gasteiger partial charge in [0.05, 0.1) is 17.1 Å². The number of hydrogen-bond donors (Lipinski definition) is 1. The lowest BCUT2D eigenvalue weighted by Gasteiger charge is -2.20. The molecular weight excluding hydrogens is 292 g/mol. The maximum Gasteiger partial charge on any atom is 0.272 e. The zero-order chi connectivity index (χ0) is 15.4. The fourth-order valence-electron chi connectivity index (χ4n) is 2.95. The number of fused-ring (bicyclic) bond motifs is 2. The van der Waals surface area contributed by atoms with E-state index < -0.39 is 0 Å². The minimum absolute atomic E-state index is 0.219. The predicted octanol–water partition coefficient (Wildman–Crippen LogP) is 2.88. The van der Waals surface area contributed by atoms with Crippen molar-refractivity contribution in [2.75, 3.05) is 0 Å². The van der Waals surface area contributed by atoms with Crippen LogP contribution in [0, 0.1) is 0 Å². The second kappa shape index (κ2) is 4.30. The molecule has 0 saturated heterocycles. The van der Waals surface area contributed by atoms with Crippen molar-refractivity contribution >= 4 is 10.8 Å². The lowest BCUT2D eigenvalue weighted by molar-refractivity contribution is 0.486. The van der Waals surface area contributed by atoms with E-state index in [1.165, 1.54) is 0 Å². The minimum Gasteiger partial charge on any atom is -0.456 e. The summed E-state index contributed by atoms with van der Waals surface area (Å²) in [5.74, 6) is 1.37. The van der Waals surface area contributed by atoms with Crippen LogP contribution >= 0.6 is 0 Å². The zero-order valence-corrected chi connectivity index (χ0v) is 11.9. The molecule has 4 aromatic rings. The number of H-pyrrole nitrogens is 1. The second-order valence-electron chi connectivity index (χ2n) is 5.33. The summed E-state index contributed by atoms with van der Waals surface area (Å²) in [5.41, 5.74) is 2.29. The van der Waals surface area contributed by atoms with Gasteiger partial charge in [0.1, 0.15) is 17.2 Å². The van der Waals surface area contributed by atoms with Gasteiger partial charge in [0.2, 0.25) is 0 Å². The number of aromatic nitrogens is 4. The van der Waals surface area contributed by atoms with Crippen LogP contribution in [-0.2, 0) is 0 Å². The highest BCUT2D eigenvalue weighted by molar-refractivity contribution is 6.01. The molecule has 0 unspecified atom stereocenters. The van der Waals surface area contributed by atoms with E-state index in [0.29, 0.717) is 16.9 Å². The van der Waals surface area contributed by atoms with Crippen LogP contribution in [0.15, 0.2) is 59.9 Å². The Hall–Kier alpha value is -3.41. The third kappa shape index (κ3) is 1.66. The van der Waals surface area contributed by atoms with Crippen molar-refractivity contribution < 1.29 is 4.74 Å². The molecule has 0 atom stereocenters. The quantitative estimate of drug-likeness (QED) is 0.517. The average molecular weight is 302 g/mol. The Morgan fingerprint density at radius 2 is 2.09 bits per heavy atom. The minimum atomic E-state index is -0.219. The van der Waals surface area contributed by atoms with Gasteiger partial charge in [-0.3, -0.25) is 4.79 Å². The van der Waals surface area contributed by atoms with E-state index in [-0.39, 0.29) is 5.56 Å². The fourth-order valence-corrected chi connectivity index (χ4v) is 2.95. The van der Waals surface area contributed by atoms with Crippen LogP contribution in [0.2, 0.25) is 0 Å². The molecule has 6 nitrogen and oxygen atoms in total. The van der Waals surface area contributed by atoms with Crippen LogP contribution in [0.4, 0.5) is 0 Å². The highest BCUT2D eigenvalue weighted by Crippen LogP contribution is 2.44. The molecule has 2 aromatic carbocycles. The molecular formula is C17H10N4O2. The summed E-state index contributed by atoms with van der Waals surface area (Å²) in [6.45, 7) is 0. The lowest BCUT2D eigenvalue weighted by Crippen LogP contribution is -2.12. The van der Waals surface area contributed by atoms with Crippen LogP contribution in [0.5, 0.6) is 11.5 Å². The largest absolute Gasteiger partial charge is 0.456 e. The Bertz CT molecular complexity index is 1110. The van der Waals surface area contributed by atoms with Crippen molar-refractivity contribution in [1.82, 2.24) is 19.7 Å². The molecule has 0 radical (unpaired) electrons. The number of rotatable bonds is 1. The van der Waals surface area contributed by atoms with Gasteiger partial charge in [-0.2, -0.15) is 5.10 Å². The Morgan fingerprint density at radius 1 is 1.13 bits per heavy atom. The number of ether oxygens (including phenoxy) is 1. The number of nitrogens with one attached hydrogen (secondary N) is 1. The summed E-state index contributed by atoms with van der Waals surface area (Å²) in [4.78, 5) is 16.1. The van der Waals surface area contributed by atoms with E-state index in [0.717, 1.165) is 22.3 Å². The van der Waals surface area contributed by atoms with Gasteiger partial charge in [0.15, 0.2) is 0 Å². The van der Waals surface area contributed by atoms with Crippen molar-refractivity contribution in [3.8, 4) is 28.4 Å². The van der Waals surface area contributed by atoms with E-state index in [9.17, 15) is 4.79 Å². The van der Waals surface area contributed by atoms with Crippen molar-refractivity contribution in [1.29, 1.82) is 0 Å². The van der Waals surface area contributed by atoms with E-state index in [1.807, 2.05) is 41.1 Å². The van der Waals surface area contributed by atoms with Crippen molar-refractivity contribution in [2.24, 2.45) is 0 Å². The number of hydrogen-bond acceptors (Lipinski definition) is 4. The normalized spacial score (nSPS) is 12.0. The maximum absolute atomic E-state index is 12.0. The maximum atomic E-state index is 12.0. The summed E-state index contributed by atoms with van der Waals surface area (Å²) < 4.78 is 7.87. The van der Waals surface area contributed by atoms with Gasteiger partial charge in [0.25, 0.3) is 5.56 Å². The van der Waals surface area contributed by atoms with Crippen LogP contribution < -0.4 is 10.3 Å². The van der Waals surface area contributed by atoms with Crippen LogP contribution in [-0.4, -0.2) is 19.7 Å². The highest BCUT2D eigenvalue weighted by atomic mass is 16.5. The summed E-state index contributed by atoms with van der Waals surface area (Å²) in [6, 6.07) is 11.3. The van der Waals surface area contributed by atoms with Gasteiger partial charge >= 0.3 is 0 Å². The summed E-state index contributed by atoms with van der Waals surface area (Å²) in [7, 11) is 0. The summed E-state index contributed by atoms with van der Waals surface area (Å²) in [5, 5.41) is 8.15. The molecule has 0 amide bonds. The average Bonchev–Trinajstić information content (AvgIpc) is 3.11. The van der Waals surface area contributed by atoms with Gasteiger partial charge in [-0.05, 0) is 30.3 Å². The number of imidazole rings is 1. The fraction of sp³-hybridized carbons (Fsp3) is 0. The standard InChI is InChI=1S/C17H10N4O2/c22-17-11-2-1-3-14-15(11)16(19-20-17)12-8-10(4-5-13(12)23-14)21-7-6-18-9-21/h1-9H,(H,20,22). The molecule has 0 saturated carbocycles. The molecule has 1 N–H and O–H groups in total. The molecule has 0 aliphatic carbocycles. The van der Waals surface area contributed by atoms with E-state index in [1.54, 1.807) is 18.6 Å². The lowest BCUT2D eigenvalue weighted by atomic mass is 10.0. The third-order valence-corrected chi connectivity index (χ3v) is 4.02. The Labute approximate surface area is 130 Å². The molecule has 0 spiro atoms. The SMILES string of the molecule is O=c1[nH]nc2c3c(cccc13)Oc1ccc(-n3ccnc3)cc1-2. The van der Waals surface area contributed by atoms with Crippen LogP contribution in [0.25, 0.3) is 27.7 Å². The molecule has 0 bridgehead atoms. The first-order chi connectivity index (χ1) is 11.3. The molecule has 1 aliphatic heterocycles. The van der Waals surface area contributed by atoms with Gasteiger partial charge in [-0.15, -0.1) is 0 Å². The topological polar surface area (TPSA) is 72.8 Å². The van der Waals surface area contributed by atoms with Gasteiger partial charge < -0.3 is 9.30 Å². The molecule has 1 aliphatic rings. The molecule has 6 heteroatoms. The number of nitrogens with zero attached hydrogens (tertiary/aromatic N) is 3. The number of aromatic amines is 1. The molecule has 0 fully saturated rings. The molecule has 23 heavy (non-hydrogen) atoms. The van der Waals surface area contributed by atoms with E-state index in [4.69, 9.17) is 4.74 Å². The molecule has 110 valence electrons. The monoisotopic (exact) mass is 302 g/mol. The van der Waals surface area contributed by atoms with E-state index in [2.05, 4.69) is 15.2 Å². The Balaban J connectivity index is 1.85. The summed E-state index contributed by atoms with van der Waals surface area (Å²) >= 11 is 0. The zero-order valence-electron chi connectivity index (χ0n) is 11.9. The van der Waals surface area contributed by atoms with Crippen LogP contribution in [0.3, 0.4) is 0 Å². The first-order valence-corrected chi connectivity index (χ1v) is 7.13. The highest BCUT2D eigenvalue weighted by Gasteiger charge is 2.23. The van der Waals surface area contributed by atoms with Crippen molar-refractivity contribution in [3.05, 3.63) is 65.5 Å². The smallest absolute Gasteiger partial charge is 0.272 e. The Morgan fingerprint density at radius 3 is 2.96 bits per heavy atom. The third-order valence-electron chi connectivity index (χ3n) is 4.02. The van der Waals surface area contributed by atoms with Crippen LogP contribution in [0.1, 0.15) is 0 Å².